The van der Waals surface area contributed by atoms with E-state index in [9.17, 15) is 4.79 Å². The van der Waals surface area contributed by atoms with Gasteiger partial charge < -0.3 is 14.6 Å². The van der Waals surface area contributed by atoms with Crippen LogP contribution in [0, 0.1) is 5.92 Å². The van der Waals surface area contributed by atoms with Crippen LogP contribution in [0.15, 0.2) is 60.7 Å². The number of aromatic nitrogens is 1. The molecule has 1 aromatic heterocycles. The van der Waals surface area contributed by atoms with Gasteiger partial charge in [-0.25, -0.2) is 0 Å². The van der Waals surface area contributed by atoms with Gasteiger partial charge in [0.05, 0.1) is 12.6 Å². The number of hydrogen-bond acceptors (Lipinski definition) is 2. The van der Waals surface area contributed by atoms with E-state index in [1.54, 1.807) is 7.11 Å². The minimum absolute atomic E-state index is 0.0439. The first-order valence-electron chi connectivity index (χ1n) is 12.2. The number of hydrogen-bond donors (Lipinski definition) is 1. The molecule has 0 unspecified atom stereocenters. The number of ether oxygens (including phenoxy) is 1. The lowest BCUT2D eigenvalue weighted by atomic mass is 9.89. The van der Waals surface area contributed by atoms with Crippen molar-refractivity contribution in [3.63, 3.8) is 0 Å². The number of carbonyl (C=O) groups excluding carboxylic acids is 1. The van der Waals surface area contributed by atoms with Gasteiger partial charge in [0.1, 0.15) is 5.75 Å². The molecule has 1 N–H and O–H groups in total. The van der Waals surface area contributed by atoms with Gasteiger partial charge in [-0.3, -0.25) is 4.79 Å². The minimum Gasteiger partial charge on any atom is -0.497 e. The van der Waals surface area contributed by atoms with Gasteiger partial charge in [0.2, 0.25) is 0 Å². The Morgan fingerprint density at radius 2 is 1.76 bits per heavy atom. The molecule has 0 radical (unpaired) electrons. The van der Waals surface area contributed by atoms with Gasteiger partial charge in [0, 0.05) is 46.0 Å². The first-order valence-corrected chi connectivity index (χ1v) is 12.6. The topological polar surface area (TPSA) is 43.3 Å². The summed E-state index contributed by atoms with van der Waals surface area (Å²) in [5.41, 5.74) is 4.21. The van der Waals surface area contributed by atoms with E-state index in [2.05, 4.69) is 28.1 Å². The lowest BCUT2D eigenvalue weighted by Gasteiger charge is -2.23. The SMILES string of the molecule is COc1ccc2c3cc(C(=O)NCCc4ccc(Cl)cc4)ccc3n(CC3CCCCC3)c2c1. The second-order valence-corrected chi connectivity index (χ2v) is 9.80. The number of nitrogens with one attached hydrogen (secondary N) is 1. The molecule has 1 amide bonds. The molecular formula is C29H31ClN2O2. The first kappa shape index (κ1) is 22.8. The summed E-state index contributed by atoms with van der Waals surface area (Å²) in [4.78, 5) is 12.9. The molecular weight excluding hydrogens is 444 g/mol. The quantitative estimate of drug-likeness (QED) is 0.313. The van der Waals surface area contributed by atoms with Crippen molar-refractivity contribution in [2.75, 3.05) is 13.7 Å². The van der Waals surface area contributed by atoms with Crippen LogP contribution in [0.2, 0.25) is 5.02 Å². The first-order chi connectivity index (χ1) is 16.6. The Hall–Kier alpha value is -2.98. The summed E-state index contributed by atoms with van der Waals surface area (Å²) in [6, 6.07) is 20.1. The summed E-state index contributed by atoms with van der Waals surface area (Å²) < 4.78 is 7.96. The Morgan fingerprint density at radius 1 is 0.971 bits per heavy atom. The number of fused-ring (bicyclic) bond motifs is 3. The van der Waals surface area contributed by atoms with Crippen LogP contribution in [0.1, 0.15) is 48.0 Å². The van der Waals surface area contributed by atoms with Gasteiger partial charge in [-0.1, -0.05) is 43.0 Å². The Bertz CT molecular complexity index is 1300. The standard InChI is InChI=1S/C29H31ClN2O2/c1-34-24-12-13-25-26-17-22(29(33)31-16-15-20-7-10-23(30)11-8-20)9-14-27(26)32(28(25)18-24)19-21-5-3-2-4-6-21/h7-14,17-18,21H,2-6,15-16,19H2,1H3,(H,31,33). The minimum atomic E-state index is -0.0439. The Labute approximate surface area is 205 Å². The van der Waals surface area contributed by atoms with Crippen LogP contribution in [0.5, 0.6) is 5.75 Å². The monoisotopic (exact) mass is 474 g/mol. The zero-order valence-corrected chi connectivity index (χ0v) is 20.4. The van der Waals surface area contributed by atoms with Crippen molar-refractivity contribution in [3.05, 3.63) is 76.8 Å². The summed E-state index contributed by atoms with van der Waals surface area (Å²) >= 11 is 5.96. The fourth-order valence-corrected chi connectivity index (χ4v) is 5.37. The maximum Gasteiger partial charge on any atom is 0.251 e. The lowest BCUT2D eigenvalue weighted by molar-refractivity contribution is 0.0954. The molecule has 4 aromatic rings. The Kier molecular flexibility index (Phi) is 6.77. The van der Waals surface area contributed by atoms with Gasteiger partial charge in [-0.2, -0.15) is 0 Å². The van der Waals surface area contributed by atoms with Gasteiger partial charge >= 0.3 is 0 Å². The van der Waals surface area contributed by atoms with Gasteiger partial charge in [0.15, 0.2) is 0 Å². The van der Waals surface area contributed by atoms with Crippen LogP contribution < -0.4 is 10.1 Å². The molecule has 0 spiro atoms. The Morgan fingerprint density at radius 3 is 2.53 bits per heavy atom. The van der Waals surface area contributed by atoms with Crippen LogP contribution >= 0.6 is 11.6 Å². The molecule has 1 saturated carbocycles. The van der Waals surface area contributed by atoms with E-state index in [1.165, 1.54) is 48.5 Å². The van der Waals surface area contributed by atoms with E-state index in [0.717, 1.165) is 34.7 Å². The molecule has 4 nitrogen and oxygen atoms in total. The predicted molar refractivity (Wildman–Crippen MR) is 140 cm³/mol. The fraction of sp³-hybridized carbons (Fsp3) is 0.345. The molecule has 0 aliphatic heterocycles. The lowest BCUT2D eigenvalue weighted by Crippen LogP contribution is -2.25. The maximum absolute atomic E-state index is 12.9. The number of halogens is 1. The fourth-order valence-electron chi connectivity index (χ4n) is 5.25. The van der Waals surface area contributed by atoms with Crippen LogP contribution in [-0.2, 0) is 13.0 Å². The molecule has 5 rings (SSSR count). The van der Waals surface area contributed by atoms with Crippen LogP contribution in [-0.4, -0.2) is 24.1 Å². The molecule has 5 heteroatoms. The van der Waals surface area contributed by atoms with Gasteiger partial charge in [-0.15, -0.1) is 0 Å². The molecule has 3 aromatic carbocycles. The Balaban J connectivity index is 1.41. The molecule has 1 fully saturated rings. The normalized spacial score (nSPS) is 14.5. The molecule has 1 aliphatic rings. The number of rotatable bonds is 7. The van der Waals surface area contributed by atoms with E-state index in [0.29, 0.717) is 18.0 Å². The third-order valence-corrected chi connectivity index (χ3v) is 7.37. The van der Waals surface area contributed by atoms with Gasteiger partial charge in [0.25, 0.3) is 5.91 Å². The zero-order valence-electron chi connectivity index (χ0n) is 19.6. The van der Waals surface area contributed by atoms with Crippen molar-refractivity contribution < 1.29 is 9.53 Å². The third kappa shape index (κ3) is 4.78. The van der Waals surface area contributed by atoms with Crippen molar-refractivity contribution >= 4 is 39.3 Å². The summed E-state index contributed by atoms with van der Waals surface area (Å²) in [7, 11) is 1.71. The summed E-state index contributed by atoms with van der Waals surface area (Å²) in [5.74, 6) is 1.52. The maximum atomic E-state index is 12.9. The van der Waals surface area contributed by atoms with Crippen molar-refractivity contribution in [2.45, 2.75) is 45.1 Å². The second kappa shape index (κ2) is 10.1. The molecule has 0 saturated heterocycles. The number of amides is 1. The largest absolute Gasteiger partial charge is 0.497 e. The third-order valence-electron chi connectivity index (χ3n) is 7.11. The van der Waals surface area contributed by atoms with Crippen molar-refractivity contribution in [1.82, 2.24) is 9.88 Å². The highest BCUT2D eigenvalue weighted by Crippen LogP contribution is 2.35. The molecule has 1 aliphatic carbocycles. The molecule has 1 heterocycles. The zero-order chi connectivity index (χ0) is 23.5. The average Bonchev–Trinajstić information content (AvgIpc) is 3.17. The highest BCUT2D eigenvalue weighted by molar-refractivity contribution is 6.30. The van der Waals surface area contributed by atoms with Crippen LogP contribution in [0.3, 0.4) is 0 Å². The van der Waals surface area contributed by atoms with E-state index in [1.807, 2.05) is 42.5 Å². The number of benzene rings is 3. The molecule has 34 heavy (non-hydrogen) atoms. The van der Waals surface area contributed by atoms with Crippen LogP contribution in [0.4, 0.5) is 0 Å². The van der Waals surface area contributed by atoms with Crippen molar-refractivity contribution in [1.29, 1.82) is 0 Å². The summed E-state index contributed by atoms with van der Waals surface area (Å²) in [5, 5.41) is 6.08. The second-order valence-electron chi connectivity index (χ2n) is 9.36. The number of methoxy groups -OCH3 is 1. The molecule has 176 valence electrons. The predicted octanol–water partition coefficient (Wildman–Crippen LogP) is 7.01. The number of nitrogens with zero attached hydrogens (tertiary/aromatic N) is 1. The van der Waals surface area contributed by atoms with Gasteiger partial charge in [-0.05, 0) is 73.2 Å². The highest BCUT2D eigenvalue weighted by Gasteiger charge is 2.19. The van der Waals surface area contributed by atoms with E-state index in [4.69, 9.17) is 16.3 Å². The summed E-state index contributed by atoms with van der Waals surface area (Å²) in [6.07, 6.45) is 7.36. The van der Waals surface area contributed by atoms with E-state index >= 15 is 0 Å². The van der Waals surface area contributed by atoms with E-state index < -0.39 is 0 Å². The number of carbonyl (C=O) groups is 1. The average molecular weight is 475 g/mol. The molecule has 0 bridgehead atoms. The molecule has 0 atom stereocenters. The highest BCUT2D eigenvalue weighted by atomic mass is 35.5. The van der Waals surface area contributed by atoms with Crippen molar-refractivity contribution in [3.8, 4) is 5.75 Å². The smallest absolute Gasteiger partial charge is 0.251 e. The van der Waals surface area contributed by atoms with Crippen molar-refractivity contribution in [2.24, 2.45) is 5.92 Å². The summed E-state index contributed by atoms with van der Waals surface area (Å²) in [6.45, 7) is 1.60. The van der Waals surface area contributed by atoms with E-state index in [-0.39, 0.29) is 5.91 Å². The van der Waals surface area contributed by atoms with Crippen LogP contribution in [0.25, 0.3) is 21.8 Å².